The number of alkyl halides is 1. The standard InChI is InChI=1S/C9H15ClO2/c1-5-6-3-4-7(12-6)9(2,10)8(5)11/h5-8,11H,3-4H2,1-2H3/t5-,6+,7-,8-,9+/m1/s1. The van der Waals surface area contributed by atoms with Gasteiger partial charge in [-0.1, -0.05) is 6.92 Å². The van der Waals surface area contributed by atoms with Gasteiger partial charge in [-0.25, -0.2) is 0 Å². The van der Waals surface area contributed by atoms with E-state index < -0.39 is 11.0 Å². The molecule has 0 aromatic carbocycles. The minimum atomic E-state index is -0.577. The predicted octanol–water partition coefficient (Wildman–Crippen LogP) is 1.54. The summed E-state index contributed by atoms with van der Waals surface area (Å²) in [4.78, 5) is -0.577. The molecule has 0 saturated carbocycles. The first kappa shape index (κ1) is 8.79. The molecule has 0 radical (unpaired) electrons. The Balaban J connectivity index is 2.26. The normalized spacial score (nSPS) is 59.0. The molecule has 1 N–H and O–H groups in total. The highest BCUT2D eigenvalue weighted by Gasteiger charge is 2.53. The lowest BCUT2D eigenvalue weighted by Gasteiger charge is -2.42. The van der Waals surface area contributed by atoms with Crippen LogP contribution in [-0.4, -0.2) is 28.3 Å². The van der Waals surface area contributed by atoms with Crippen LogP contribution in [-0.2, 0) is 4.74 Å². The van der Waals surface area contributed by atoms with Crippen molar-refractivity contribution in [1.82, 2.24) is 0 Å². The molecule has 2 saturated heterocycles. The largest absolute Gasteiger partial charge is 0.391 e. The highest BCUT2D eigenvalue weighted by atomic mass is 35.5. The molecule has 0 amide bonds. The molecule has 0 spiro atoms. The molecule has 0 aromatic rings. The van der Waals surface area contributed by atoms with Gasteiger partial charge in [-0.2, -0.15) is 0 Å². The van der Waals surface area contributed by atoms with Crippen LogP contribution in [0.1, 0.15) is 26.7 Å². The second kappa shape index (κ2) is 2.60. The zero-order chi connectivity index (χ0) is 8.93. The van der Waals surface area contributed by atoms with Gasteiger partial charge in [0.15, 0.2) is 0 Å². The highest BCUT2D eigenvalue weighted by Crippen LogP contribution is 2.45. The lowest BCUT2D eigenvalue weighted by atomic mass is 9.86. The van der Waals surface area contributed by atoms with Gasteiger partial charge in [0.1, 0.15) is 0 Å². The summed E-state index contributed by atoms with van der Waals surface area (Å²) in [5.41, 5.74) is 0. The van der Waals surface area contributed by atoms with Crippen LogP contribution in [0.3, 0.4) is 0 Å². The van der Waals surface area contributed by atoms with E-state index in [-0.39, 0.29) is 18.1 Å². The first-order chi connectivity index (χ1) is 5.53. The quantitative estimate of drug-likeness (QED) is 0.588. The van der Waals surface area contributed by atoms with Crippen molar-refractivity contribution < 1.29 is 9.84 Å². The average Bonchev–Trinajstić information content (AvgIpc) is 2.46. The van der Waals surface area contributed by atoms with Crippen molar-refractivity contribution in [3.05, 3.63) is 0 Å². The zero-order valence-electron chi connectivity index (χ0n) is 7.46. The smallest absolute Gasteiger partial charge is 0.0940 e. The number of hydrogen-bond acceptors (Lipinski definition) is 2. The molecule has 5 atom stereocenters. The topological polar surface area (TPSA) is 29.5 Å². The Morgan fingerprint density at radius 3 is 2.83 bits per heavy atom. The van der Waals surface area contributed by atoms with Crippen molar-refractivity contribution in [2.75, 3.05) is 0 Å². The van der Waals surface area contributed by atoms with E-state index in [4.69, 9.17) is 16.3 Å². The molecule has 2 fully saturated rings. The molecule has 3 heteroatoms. The Hall–Kier alpha value is 0.210. The highest BCUT2D eigenvalue weighted by molar-refractivity contribution is 6.24. The fourth-order valence-corrected chi connectivity index (χ4v) is 2.73. The number of halogens is 1. The van der Waals surface area contributed by atoms with Crippen molar-refractivity contribution in [2.24, 2.45) is 5.92 Å². The Morgan fingerprint density at radius 2 is 2.17 bits per heavy atom. The van der Waals surface area contributed by atoms with E-state index in [2.05, 4.69) is 0 Å². The molecule has 2 heterocycles. The van der Waals surface area contributed by atoms with E-state index in [1.54, 1.807) is 0 Å². The molecular weight excluding hydrogens is 176 g/mol. The van der Waals surface area contributed by atoms with Gasteiger partial charge in [-0.3, -0.25) is 0 Å². The summed E-state index contributed by atoms with van der Waals surface area (Å²) in [5.74, 6) is 0.172. The van der Waals surface area contributed by atoms with Crippen LogP contribution in [0.2, 0.25) is 0 Å². The van der Waals surface area contributed by atoms with E-state index in [1.807, 2.05) is 13.8 Å². The van der Waals surface area contributed by atoms with Crippen LogP contribution >= 0.6 is 11.6 Å². The van der Waals surface area contributed by atoms with Crippen LogP contribution in [0.5, 0.6) is 0 Å². The Bertz CT molecular complexity index is 193. The van der Waals surface area contributed by atoms with Gasteiger partial charge in [0.2, 0.25) is 0 Å². The van der Waals surface area contributed by atoms with Crippen molar-refractivity contribution in [1.29, 1.82) is 0 Å². The third-order valence-corrected chi connectivity index (χ3v) is 3.81. The van der Waals surface area contributed by atoms with Gasteiger partial charge in [0.25, 0.3) is 0 Å². The summed E-state index contributed by atoms with van der Waals surface area (Å²) in [6.07, 6.45) is 1.90. The third-order valence-electron chi connectivity index (χ3n) is 3.34. The lowest BCUT2D eigenvalue weighted by molar-refractivity contribution is -0.114. The van der Waals surface area contributed by atoms with Gasteiger partial charge < -0.3 is 9.84 Å². The lowest BCUT2D eigenvalue weighted by Crippen LogP contribution is -2.54. The molecule has 2 rings (SSSR count). The van der Waals surface area contributed by atoms with E-state index in [1.165, 1.54) is 0 Å². The summed E-state index contributed by atoms with van der Waals surface area (Å²) in [6.45, 7) is 3.89. The molecule has 2 aliphatic rings. The van der Waals surface area contributed by atoms with Crippen LogP contribution in [0.4, 0.5) is 0 Å². The van der Waals surface area contributed by atoms with Crippen molar-refractivity contribution in [3.8, 4) is 0 Å². The number of ether oxygens (including phenoxy) is 1. The fourth-order valence-electron chi connectivity index (χ4n) is 2.37. The zero-order valence-corrected chi connectivity index (χ0v) is 8.21. The summed E-state index contributed by atoms with van der Waals surface area (Å²) >= 11 is 6.24. The Morgan fingerprint density at radius 1 is 1.50 bits per heavy atom. The Labute approximate surface area is 77.9 Å². The van der Waals surface area contributed by atoms with Crippen molar-refractivity contribution in [2.45, 2.75) is 49.9 Å². The van der Waals surface area contributed by atoms with E-state index in [9.17, 15) is 5.11 Å². The van der Waals surface area contributed by atoms with E-state index in [0.29, 0.717) is 0 Å². The SMILES string of the molecule is C[C@@H]1[C@@H]2CC[C@@H](O2)[C@](C)(Cl)[C@@H]1O. The molecule has 0 unspecified atom stereocenters. The van der Waals surface area contributed by atoms with Gasteiger partial charge in [-0.05, 0) is 19.8 Å². The number of rotatable bonds is 0. The molecule has 70 valence electrons. The van der Waals surface area contributed by atoms with E-state index in [0.717, 1.165) is 12.8 Å². The maximum absolute atomic E-state index is 9.87. The van der Waals surface area contributed by atoms with E-state index >= 15 is 0 Å². The van der Waals surface area contributed by atoms with Crippen LogP contribution in [0, 0.1) is 5.92 Å². The first-order valence-corrected chi connectivity index (χ1v) is 4.93. The molecule has 0 aliphatic carbocycles. The van der Waals surface area contributed by atoms with Crippen LogP contribution in [0.15, 0.2) is 0 Å². The van der Waals surface area contributed by atoms with Crippen molar-refractivity contribution >= 4 is 11.6 Å². The first-order valence-electron chi connectivity index (χ1n) is 4.56. The molecule has 2 nitrogen and oxygen atoms in total. The van der Waals surface area contributed by atoms with Crippen molar-refractivity contribution in [3.63, 3.8) is 0 Å². The summed E-state index contributed by atoms with van der Waals surface area (Å²) < 4.78 is 5.70. The fraction of sp³-hybridized carbons (Fsp3) is 1.00. The summed E-state index contributed by atoms with van der Waals surface area (Å²) in [7, 11) is 0. The third kappa shape index (κ3) is 1.02. The van der Waals surface area contributed by atoms with Gasteiger partial charge in [-0.15, -0.1) is 11.6 Å². The Kier molecular flexibility index (Phi) is 1.90. The van der Waals surface area contributed by atoms with Gasteiger partial charge in [0.05, 0.1) is 23.2 Å². The number of fused-ring (bicyclic) bond motifs is 2. The molecular formula is C9H15ClO2. The maximum Gasteiger partial charge on any atom is 0.0940 e. The number of hydrogen-bond donors (Lipinski definition) is 1. The van der Waals surface area contributed by atoms with Crippen LogP contribution < -0.4 is 0 Å². The second-order valence-corrected chi connectivity index (χ2v) is 5.01. The molecule has 2 bridgehead atoms. The minimum absolute atomic E-state index is 0.0513. The average molecular weight is 191 g/mol. The maximum atomic E-state index is 9.87. The minimum Gasteiger partial charge on any atom is -0.391 e. The number of aliphatic hydroxyl groups excluding tert-OH is 1. The van der Waals surface area contributed by atoms with Gasteiger partial charge >= 0.3 is 0 Å². The molecule has 2 aliphatic heterocycles. The number of aliphatic hydroxyl groups is 1. The molecule has 12 heavy (non-hydrogen) atoms. The second-order valence-electron chi connectivity index (χ2n) is 4.20. The predicted molar refractivity (Wildman–Crippen MR) is 47.3 cm³/mol. The molecule has 0 aromatic heterocycles. The summed E-state index contributed by atoms with van der Waals surface area (Å²) in [6, 6.07) is 0. The van der Waals surface area contributed by atoms with Crippen LogP contribution in [0.25, 0.3) is 0 Å². The summed E-state index contributed by atoms with van der Waals surface area (Å²) in [5, 5.41) is 9.87. The van der Waals surface area contributed by atoms with Gasteiger partial charge in [0, 0.05) is 5.92 Å². The monoisotopic (exact) mass is 190 g/mol.